The van der Waals surface area contributed by atoms with E-state index >= 15 is 0 Å². The number of hydrogen-bond donors (Lipinski definition) is 0. The zero-order valence-corrected chi connectivity index (χ0v) is 10.0. The van der Waals surface area contributed by atoms with Gasteiger partial charge in [0.15, 0.2) is 5.78 Å². The first-order chi connectivity index (χ1) is 7.58. The number of carbonyl (C=O) groups is 2. The maximum absolute atomic E-state index is 12.0. The fourth-order valence-corrected chi connectivity index (χ4v) is 2.22. The molecule has 0 N–H and O–H groups in total. The molecule has 0 bridgehead atoms. The van der Waals surface area contributed by atoms with E-state index in [9.17, 15) is 9.59 Å². The maximum Gasteiger partial charge on any atom is 0.166 e. The highest BCUT2D eigenvalue weighted by Crippen LogP contribution is 2.28. The summed E-state index contributed by atoms with van der Waals surface area (Å²) in [4.78, 5) is 23.1. The van der Waals surface area contributed by atoms with Crippen LogP contribution in [0.5, 0.6) is 0 Å². The summed E-state index contributed by atoms with van der Waals surface area (Å²) in [6, 6.07) is 4.82. The predicted molar refractivity (Wildman–Crippen MR) is 63.1 cm³/mol. The van der Waals surface area contributed by atoms with Crippen molar-refractivity contribution in [3.63, 3.8) is 0 Å². The lowest BCUT2D eigenvalue weighted by Crippen LogP contribution is -2.11. The fourth-order valence-electron chi connectivity index (χ4n) is 1.92. The smallest absolute Gasteiger partial charge is 0.166 e. The molecule has 0 heterocycles. The van der Waals surface area contributed by atoms with Crippen LogP contribution in [0.4, 0.5) is 0 Å². The summed E-state index contributed by atoms with van der Waals surface area (Å²) in [6.45, 7) is 0. The van der Waals surface area contributed by atoms with Crippen LogP contribution in [0.15, 0.2) is 18.2 Å². The van der Waals surface area contributed by atoms with Crippen LogP contribution >= 0.6 is 23.2 Å². The lowest BCUT2D eigenvalue weighted by atomic mass is 9.96. The Balaban J connectivity index is 2.21. The van der Waals surface area contributed by atoms with E-state index in [1.54, 1.807) is 18.2 Å². The van der Waals surface area contributed by atoms with Crippen LogP contribution in [0.25, 0.3) is 0 Å². The molecule has 1 saturated carbocycles. The predicted octanol–water partition coefficient (Wildman–Crippen LogP) is 3.55. The molecule has 1 aliphatic rings. The molecule has 4 heteroatoms. The number of ketones is 2. The zero-order valence-electron chi connectivity index (χ0n) is 8.50. The number of benzene rings is 1. The van der Waals surface area contributed by atoms with Crippen LogP contribution in [-0.4, -0.2) is 11.6 Å². The second-order valence-corrected chi connectivity index (χ2v) is 4.79. The topological polar surface area (TPSA) is 34.1 Å². The maximum atomic E-state index is 12.0. The van der Waals surface area contributed by atoms with Crippen LogP contribution in [-0.2, 0) is 4.79 Å². The lowest BCUT2D eigenvalue weighted by molar-refractivity contribution is -0.117. The van der Waals surface area contributed by atoms with Crippen LogP contribution in [0, 0.1) is 5.92 Å². The van der Waals surface area contributed by atoms with E-state index in [0.29, 0.717) is 34.9 Å². The van der Waals surface area contributed by atoms with Gasteiger partial charge in [-0.05, 0) is 24.6 Å². The third kappa shape index (κ3) is 2.28. The monoisotopic (exact) mass is 256 g/mol. The van der Waals surface area contributed by atoms with Crippen molar-refractivity contribution in [1.29, 1.82) is 0 Å². The summed E-state index contributed by atoms with van der Waals surface area (Å²) in [6.07, 6.45) is 1.52. The highest BCUT2D eigenvalue weighted by molar-refractivity contribution is 6.42. The van der Waals surface area contributed by atoms with Crippen LogP contribution in [0.3, 0.4) is 0 Å². The Kier molecular flexibility index (Phi) is 3.31. The first kappa shape index (κ1) is 11.6. The van der Waals surface area contributed by atoms with Crippen molar-refractivity contribution in [3.05, 3.63) is 33.8 Å². The van der Waals surface area contributed by atoms with Gasteiger partial charge in [0.2, 0.25) is 0 Å². The van der Waals surface area contributed by atoms with Crippen LogP contribution in [0.2, 0.25) is 10.0 Å². The van der Waals surface area contributed by atoms with Crippen molar-refractivity contribution in [1.82, 2.24) is 0 Å². The Morgan fingerprint density at radius 3 is 2.56 bits per heavy atom. The van der Waals surface area contributed by atoms with Gasteiger partial charge in [-0.25, -0.2) is 0 Å². The Morgan fingerprint density at radius 2 is 2.00 bits per heavy atom. The first-order valence-electron chi connectivity index (χ1n) is 5.09. The third-order valence-corrected chi connectivity index (χ3v) is 3.56. The molecule has 1 unspecified atom stereocenters. The van der Waals surface area contributed by atoms with E-state index in [0.717, 1.165) is 0 Å². The highest BCUT2D eigenvalue weighted by Gasteiger charge is 2.28. The summed E-state index contributed by atoms with van der Waals surface area (Å²) >= 11 is 11.6. The molecule has 0 radical (unpaired) electrons. The molecule has 2 nitrogen and oxygen atoms in total. The normalized spacial score (nSPS) is 20.1. The van der Waals surface area contributed by atoms with Gasteiger partial charge in [-0.15, -0.1) is 0 Å². The fraction of sp³-hybridized carbons (Fsp3) is 0.333. The van der Waals surface area contributed by atoms with E-state index in [-0.39, 0.29) is 17.5 Å². The molecule has 1 fully saturated rings. The molecule has 84 valence electrons. The molecule has 0 aromatic heterocycles. The van der Waals surface area contributed by atoms with Gasteiger partial charge in [0.1, 0.15) is 5.78 Å². The average molecular weight is 257 g/mol. The van der Waals surface area contributed by atoms with Crippen LogP contribution < -0.4 is 0 Å². The van der Waals surface area contributed by atoms with E-state index in [2.05, 4.69) is 0 Å². The van der Waals surface area contributed by atoms with Crippen molar-refractivity contribution in [2.45, 2.75) is 19.3 Å². The molecule has 0 aliphatic heterocycles. The highest BCUT2D eigenvalue weighted by atomic mass is 35.5. The summed E-state index contributed by atoms with van der Waals surface area (Å²) in [5.41, 5.74) is 0.536. The Morgan fingerprint density at radius 1 is 1.25 bits per heavy atom. The third-order valence-electron chi connectivity index (χ3n) is 2.82. The van der Waals surface area contributed by atoms with E-state index in [4.69, 9.17) is 23.2 Å². The van der Waals surface area contributed by atoms with Crippen molar-refractivity contribution in [3.8, 4) is 0 Å². The van der Waals surface area contributed by atoms with E-state index < -0.39 is 0 Å². The molecular weight excluding hydrogens is 247 g/mol. The first-order valence-corrected chi connectivity index (χ1v) is 5.84. The minimum absolute atomic E-state index is 0.00980. The molecule has 16 heavy (non-hydrogen) atoms. The minimum Gasteiger partial charge on any atom is -0.300 e. The Labute approximate surface area is 104 Å². The summed E-state index contributed by atoms with van der Waals surface area (Å²) < 4.78 is 0. The van der Waals surface area contributed by atoms with Gasteiger partial charge in [0.05, 0.1) is 10.0 Å². The van der Waals surface area contributed by atoms with Gasteiger partial charge in [0.25, 0.3) is 0 Å². The van der Waals surface area contributed by atoms with E-state index in [1.165, 1.54) is 0 Å². The van der Waals surface area contributed by atoms with Crippen molar-refractivity contribution in [2.75, 3.05) is 0 Å². The lowest BCUT2D eigenvalue weighted by Gasteiger charge is -2.07. The number of Topliss-reactive ketones (excluding diaryl/α,β-unsaturated/α-hetero) is 2. The summed E-state index contributed by atoms with van der Waals surface area (Å²) in [5.74, 6) is -0.0208. The molecule has 0 spiro atoms. The number of carbonyl (C=O) groups excluding carboxylic acids is 2. The number of halogens is 2. The van der Waals surface area contributed by atoms with Gasteiger partial charge in [0, 0.05) is 24.3 Å². The van der Waals surface area contributed by atoms with Gasteiger partial charge in [-0.1, -0.05) is 23.2 Å². The quantitative estimate of drug-likeness (QED) is 0.759. The molecule has 2 rings (SSSR count). The van der Waals surface area contributed by atoms with Gasteiger partial charge >= 0.3 is 0 Å². The minimum atomic E-state index is -0.176. The summed E-state index contributed by atoms with van der Waals surface area (Å²) in [5, 5.41) is 0.803. The molecule has 1 aromatic rings. The summed E-state index contributed by atoms with van der Waals surface area (Å²) in [7, 11) is 0. The molecule has 1 atom stereocenters. The Bertz CT molecular complexity index is 454. The second kappa shape index (κ2) is 4.56. The molecule has 1 aliphatic carbocycles. The number of hydrogen-bond acceptors (Lipinski definition) is 2. The van der Waals surface area contributed by atoms with Crippen molar-refractivity contribution in [2.24, 2.45) is 5.92 Å². The molecule has 0 saturated heterocycles. The number of rotatable bonds is 2. The van der Waals surface area contributed by atoms with E-state index in [1.807, 2.05) is 0 Å². The second-order valence-electron chi connectivity index (χ2n) is 3.97. The van der Waals surface area contributed by atoms with Crippen molar-refractivity contribution < 1.29 is 9.59 Å². The molecule has 1 aromatic carbocycles. The van der Waals surface area contributed by atoms with Gasteiger partial charge < -0.3 is 0 Å². The SMILES string of the molecule is O=C1CCC(C(=O)c2ccc(Cl)c(Cl)c2)C1. The molecular formula is C12H10Cl2O2. The standard InChI is InChI=1S/C12H10Cl2O2/c13-10-4-2-8(6-11(10)14)12(16)7-1-3-9(15)5-7/h2,4,6-7H,1,3,5H2. The van der Waals surface area contributed by atoms with Crippen LogP contribution in [0.1, 0.15) is 29.6 Å². The molecule has 0 amide bonds. The van der Waals surface area contributed by atoms with Gasteiger partial charge in [-0.2, -0.15) is 0 Å². The zero-order chi connectivity index (χ0) is 11.7. The van der Waals surface area contributed by atoms with Crippen molar-refractivity contribution >= 4 is 34.8 Å². The van der Waals surface area contributed by atoms with Gasteiger partial charge in [-0.3, -0.25) is 9.59 Å². The largest absolute Gasteiger partial charge is 0.300 e. The average Bonchev–Trinajstić information content (AvgIpc) is 2.68. The Hall–Kier alpha value is -0.860.